The van der Waals surface area contributed by atoms with Crippen LogP contribution in [0, 0.1) is 0 Å². The first-order valence-electron chi connectivity index (χ1n) is 6.72. The van der Waals surface area contributed by atoms with E-state index in [1.807, 2.05) is 6.08 Å². The molecule has 1 aromatic carbocycles. The Bertz CT molecular complexity index is 417. The lowest BCUT2D eigenvalue weighted by Crippen LogP contribution is -2.45. The minimum atomic E-state index is 0. The predicted molar refractivity (Wildman–Crippen MR) is 103 cm³/mol. The van der Waals surface area contributed by atoms with Gasteiger partial charge in [0.05, 0.1) is 0 Å². The zero-order valence-corrected chi connectivity index (χ0v) is 16.7. The van der Waals surface area contributed by atoms with Crippen molar-refractivity contribution in [3.8, 4) is 0 Å². The maximum absolute atomic E-state index is 3.86. The van der Waals surface area contributed by atoms with Crippen molar-refractivity contribution in [3.05, 3.63) is 45.4 Å². The molecule has 0 saturated carbocycles. The Morgan fingerprint density at radius 3 is 2.24 bits per heavy atom. The number of hydrogen-bond donors (Lipinski definition) is 1. The summed E-state index contributed by atoms with van der Waals surface area (Å²) in [6.07, 6.45) is 4.20. The van der Waals surface area contributed by atoms with Crippen molar-refractivity contribution in [2.45, 2.75) is 18.9 Å². The highest BCUT2D eigenvalue weighted by atomic mass is 79.9. The predicted octanol–water partition coefficient (Wildman–Crippen LogP) is 4.97. The number of rotatable bonds is 5. The standard InChI is InChI=1S/C15H20Br2N2.2ClH/c1-2-3-4-15(19-7-5-18-6-8-19)12-9-13(16)11-14(17)10-12;;/h2,9-11,15,18H,1,3-8H2;2*1H/t15-;;/m0../s1. The number of nitrogens with one attached hydrogen (secondary N) is 1. The van der Waals surface area contributed by atoms with Crippen LogP contribution in [-0.2, 0) is 0 Å². The molecule has 1 aliphatic rings. The van der Waals surface area contributed by atoms with Gasteiger partial charge in [-0.3, -0.25) is 4.90 Å². The number of hydrogen-bond acceptors (Lipinski definition) is 2. The van der Waals surface area contributed by atoms with Gasteiger partial charge in [-0.05, 0) is 36.6 Å². The molecule has 0 unspecified atom stereocenters. The Kier molecular flexibility index (Phi) is 11.3. The molecule has 1 aliphatic heterocycles. The highest BCUT2D eigenvalue weighted by molar-refractivity contribution is 9.11. The summed E-state index contributed by atoms with van der Waals surface area (Å²) in [4.78, 5) is 2.58. The van der Waals surface area contributed by atoms with Gasteiger partial charge in [-0.25, -0.2) is 0 Å². The summed E-state index contributed by atoms with van der Waals surface area (Å²) in [5.74, 6) is 0. The van der Waals surface area contributed by atoms with Gasteiger partial charge in [0, 0.05) is 41.2 Å². The van der Waals surface area contributed by atoms with Crippen LogP contribution >= 0.6 is 56.7 Å². The highest BCUT2D eigenvalue weighted by Crippen LogP contribution is 2.31. The van der Waals surface area contributed by atoms with Gasteiger partial charge < -0.3 is 5.32 Å². The van der Waals surface area contributed by atoms with Crippen molar-refractivity contribution in [3.63, 3.8) is 0 Å². The normalized spacial score (nSPS) is 16.5. The molecule has 1 atom stereocenters. The molecule has 0 aromatic heterocycles. The second-order valence-corrected chi connectivity index (χ2v) is 6.70. The van der Waals surface area contributed by atoms with Gasteiger partial charge in [-0.2, -0.15) is 0 Å². The van der Waals surface area contributed by atoms with Crippen LogP contribution in [0.2, 0.25) is 0 Å². The molecule has 2 nitrogen and oxygen atoms in total. The van der Waals surface area contributed by atoms with E-state index in [9.17, 15) is 0 Å². The second-order valence-electron chi connectivity index (χ2n) is 4.87. The smallest absolute Gasteiger partial charge is 0.0352 e. The van der Waals surface area contributed by atoms with Gasteiger partial charge in [0.1, 0.15) is 0 Å². The molecule has 1 heterocycles. The third-order valence-electron chi connectivity index (χ3n) is 3.51. The largest absolute Gasteiger partial charge is 0.314 e. The van der Waals surface area contributed by atoms with Crippen molar-refractivity contribution < 1.29 is 0 Å². The van der Waals surface area contributed by atoms with E-state index in [1.165, 1.54) is 5.56 Å². The number of benzene rings is 1. The van der Waals surface area contributed by atoms with E-state index in [2.05, 4.69) is 66.9 Å². The maximum atomic E-state index is 3.86. The average molecular weight is 461 g/mol. The van der Waals surface area contributed by atoms with E-state index < -0.39 is 0 Å². The Morgan fingerprint density at radius 2 is 1.71 bits per heavy atom. The molecule has 0 aliphatic carbocycles. The molecule has 1 aromatic rings. The molecule has 1 N–H and O–H groups in total. The van der Waals surface area contributed by atoms with Crippen molar-refractivity contribution in [2.24, 2.45) is 0 Å². The Morgan fingerprint density at radius 1 is 1.14 bits per heavy atom. The molecule has 6 heteroatoms. The fraction of sp³-hybridized carbons (Fsp3) is 0.467. The molecular formula is C15H22Br2Cl2N2. The van der Waals surface area contributed by atoms with Gasteiger partial charge in [-0.1, -0.05) is 37.9 Å². The summed E-state index contributed by atoms with van der Waals surface area (Å²) < 4.78 is 2.27. The summed E-state index contributed by atoms with van der Waals surface area (Å²) in [5, 5.41) is 3.42. The van der Waals surface area contributed by atoms with E-state index in [1.54, 1.807) is 0 Å². The Labute approximate surface area is 156 Å². The lowest BCUT2D eigenvalue weighted by atomic mass is 9.99. The third-order valence-corrected chi connectivity index (χ3v) is 4.42. The number of allylic oxidation sites excluding steroid dienone is 1. The zero-order chi connectivity index (χ0) is 13.7. The number of piperazine rings is 1. The molecule has 0 bridgehead atoms. The van der Waals surface area contributed by atoms with E-state index in [-0.39, 0.29) is 24.8 Å². The number of nitrogens with zero attached hydrogens (tertiary/aromatic N) is 1. The molecule has 0 radical (unpaired) electrons. The monoisotopic (exact) mass is 458 g/mol. The minimum Gasteiger partial charge on any atom is -0.314 e. The maximum Gasteiger partial charge on any atom is 0.0352 e. The first kappa shape index (κ1) is 21.4. The van der Waals surface area contributed by atoms with Gasteiger partial charge in [0.25, 0.3) is 0 Å². The van der Waals surface area contributed by atoms with E-state index in [0.717, 1.165) is 48.0 Å². The van der Waals surface area contributed by atoms with E-state index in [4.69, 9.17) is 0 Å². The van der Waals surface area contributed by atoms with Crippen LogP contribution in [0.25, 0.3) is 0 Å². The van der Waals surface area contributed by atoms with Crippen LogP contribution < -0.4 is 5.32 Å². The third kappa shape index (κ3) is 6.59. The summed E-state index contributed by atoms with van der Waals surface area (Å²) in [6, 6.07) is 7.04. The van der Waals surface area contributed by atoms with Crippen molar-refractivity contribution in [2.75, 3.05) is 26.2 Å². The van der Waals surface area contributed by atoms with Crippen molar-refractivity contribution in [1.29, 1.82) is 0 Å². The van der Waals surface area contributed by atoms with Crippen LogP contribution in [0.15, 0.2) is 39.8 Å². The lowest BCUT2D eigenvalue weighted by molar-refractivity contribution is 0.166. The fourth-order valence-corrected chi connectivity index (χ4v) is 3.93. The SMILES string of the molecule is C=CCC[C@@H](c1cc(Br)cc(Br)c1)N1CCNCC1.Cl.Cl. The van der Waals surface area contributed by atoms with Crippen molar-refractivity contribution >= 4 is 56.7 Å². The summed E-state index contributed by atoms with van der Waals surface area (Å²) in [6.45, 7) is 8.26. The van der Waals surface area contributed by atoms with Gasteiger partial charge >= 0.3 is 0 Å². The van der Waals surface area contributed by atoms with E-state index in [0.29, 0.717) is 6.04 Å². The minimum absolute atomic E-state index is 0. The first-order valence-corrected chi connectivity index (χ1v) is 8.31. The molecule has 1 fully saturated rings. The first-order chi connectivity index (χ1) is 9.20. The van der Waals surface area contributed by atoms with Gasteiger partial charge in [0.2, 0.25) is 0 Å². The molecule has 1 saturated heterocycles. The number of halogens is 4. The van der Waals surface area contributed by atoms with Gasteiger partial charge in [0.15, 0.2) is 0 Å². The van der Waals surface area contributed by atoms with Gasteiger partial charge in [-0.15, -0.1) is 31.4 Å². The summed E-state index contributed by atoms with van der Waals surface area (Å²) in [5.41, 5.74) is 1.38. The van der Waals surface area contributed by atoms with Crippen LogP contribution in [0.5, 0.6) is 0 Å². The summed E-state index contributed by atoms with van der Waals surface area (Å²) in [7, 11) is 0. The molecule has 0 amide bonds. The molecule has 0 spiro atoms. The quantitative estimate of drug-likeness (QED) is 0.624. The van der Waals surface area contributed by atoms with Crippen LogP contribution in [0.4, 0.5) is 0 Å². The van der Waals surface area contributed by atoms with E-state index >= 15 is 0 Å². The van der Waals surface area contributed by atoms with Crippen LogP contribution in [0.3, 0.4) is 0 Å². The highest BCUT2D eigenvalue weighted by Gasteiger charge is 2.22. The topological polar surface area (TPSA) is 15.3 Å². The second kappa shape index (κ2) is 11.0. The molecule has 120 valence electrons. The Hall–Kier alpha value is 0.420. The van der Waals surface area contributed by atoms with Crippen LogP contribution in [0.1, 0.15) is 24.4 Å². The molecule has 21 heavy (non-hydrogen) atoms. The average Bonchev–Trinajstić information content (AvgIpc) is 2.39. The fourth-order valence-electron chi connectivity index (χ4n) is 2.60. The zero-order valence-electron chi connectivity index (χ0n) is 11.9. The summed E-state index contributed by atoms with van der Waals surface area (Å²) >= 11 is 7.18. The van der Waals surface area contributed by atoms with Crippen molar-refractivity contribution in [1.82, 2.24) is 10.2 Å². The Balaban J connectivity index is 0.00000200. The lowest BCUT2D eigenvalue weighted by Gasteiger charge is -2.35. The molecule has 2 rings (SSSR count). The molecular weight excluding hydrogens is 439 g/mol. The van der Waals surface area contributed by atoms with Crippen LogP contribution in [-0.4, -0.2) is 31.1 Å².